The lowest BCUT2D eigenvalue weighted by molar-refractivity contribution is 0.453. The molecule has 0 aliphatic carbocycles. The summed E-state index contributed by atoms with van der Waals surface area (Å²) in [7, 11) is 0. The van der Waals surface area contributed by atoms with Crippen LogP contribution in [0, 0.1) is 0 Å². The number of hydrogen-bond donors (Lipinski definition) is 0. The quantitative estimate of drug-likeness (QED) is 0.194. The summed E-state index contributed by atoms with van der Waals surface area (Å²) >= 11 is 6.42. The van der Waals surface area contributed by atoms with Crippen LogP contribution in [0.4, 0.5) is 0 Å². The van der Waals surface area contributed by atoms with Crippen molar-refractivity contribution in [2.75, 3.05) is 18.2 Å². The Morgan fingerprint density at radius 3 is 1.89 bits per heavy atom. The molecule has 2 aliphatic rings. The Labute approximate surface area is 189 Å². The minimum absolute atomic E-state index is 0.856. The Morgan fingerprint density at radius 2 is 1.36 bits per heavy atom. The lowest BCUT2D eigenvalue weighted by atomic mass is 10.0. The van der Waals surface area contributed by atoms with Gasteiger partial charge in [-0.3, -0.25) is 0 Å². The fraction of sp³-hybridized carbons (Fsp3) is 0.917. The number of nitrogens with zero attached hydrogens (tertiary/aromatic N) is 1. The maximum Gasteiger partial charge on any atom is 0.0675 e. The third kappa shape index (κ3) is 12.3. The number of hydrogen-bond acceptors (Lipinski definition) is 4. The topological polar surface area (TPSA) is 3.24 Å². The Kier molecular flexibility index (Phi) is 15.3. The molecule has 0 saturated carbocycles. The summed E-state index contributed by atoms with van der Waals surface area (Å²) in [5.74, 6) is 2.54. The Hall–Kier alpha value is 0.590. The molecule has 2 heterocycles. The van der Waals surface area contributed by atoms with Gasteiger partial charge >= 0.3 is 0 Å². The Balaban J connectivity index is 1.27. The Morgan fingerprint density at radius 1 is 0.786 bits per heavy atom. The molecule has 1 fully saturated rings. The van der Waals surface area contributed by atoms with Crippen molar-refractivity contribution in [1.82, 2.24) is 4.90 Å². The van der Waals surface area contributed by atoms with Crippen LogP contribution in [0.2, 0.25) is 0 Å². The minimum atomic E-state index is 0.856. The molecule has 0 radical (unpaired) electrons. The predicted octanol–water partition coefficient (Wildman–Crippen LogP) is 8.90. The van der Waals surface area contributed by atoms with Gasteiger partial charge in [0, 0.05) is 23.7 Å². The van der Waals surface area contributed by atoms with Crippen molar-refractivity contribution in [2.24, 2.45) is 0 Å². The number of unbranched alkanes of at least 4 members (excludes halogenated alkanes) is 14. The highest BCUT2D eigenvalue weighted by atomic mass is 32.2. The maximum atomic E-state index is 2.49. The van der Waals surface area contributed by atoms with Gasteiger partial charge in [0.25, 0.3) is 0 Å². The zero-order chi connectivity index (χ0) is 19.7. The van der Waals surface area contributed by atoms with E-state index in [4.69, 9.17) is 0 Å². The molecule has 0 bridgehead atoms. The third-order valence-electron chi connectivity index (χ3n) is 5.90. The van der Waals surface area contributed by atoms with Crippen molar-refractivity contribution in [3.8, 4) is 0 Å². The van der Waals surface area contributed by atoms with E-state index in [2.05, 4.69) is 47.0 Å². The molecule has 28 heavy (non-hydrogen) atoms. The first-order valence-electron chi connectivity index (χ1n) is 12.2. The monoisotopic (exact) mass is 443 g/mol. The first-order chi connectivity index (χ1) is 13.9. The molecule has 4 heteroatoms. The van der Waals surface area contributed by atoms with E-state index in [1.54, 1.807) is 0 Å². The zero-order valence-electron chi connectivity index (χ0n) is 18.4. The van der Waals surface area contributed by atoms with Crippen molar-refractivity contribution in [3.63, 3.8) is 0 Å². The van der Waals surface area contributed by atoms with Crippen LogP contribution >= 0.6 is 35.3 Å². The van der Waals surface area contributed by atoms with Crippen LogP contribution < -0.4 is 0 Å². The molecule has 0 aromatic rings. The van der Waals surface area contributed by atoms with E-state index in [1.807, 2.05) is 11.8 Å². The minimum Gasteiger partial charge on any atom is -0.366 e. The lowest BCUT2D eigenvalue weighted by Crippen LogP contribution is -2.24. The highest BCUT2D eigenvalue weighted by Crippen LogP contribution is 2.41. The molecule has 0 aromatic heterocycles. The molecule has 2 atom stereocenters. The molecular weight excluding hydrogens is 398 g/mol. The molecule has 0 spiro atoms. The predicted molar refractivity (Wildman–Crippen MR) is 135 cm³/mol. The second-order valence-corrected chi connectivity index (χ2v) is 12.5. The fourth-order valence-electron chi connectivity index (χ4n) is 4.12. The molecule has 2 aliphatic heterocycles. The van der Waals surface area contributed by atoms with Gasteiger partial charge in [-0.25, -0.2) is 0 Å². The summed E-state index contributed by atoms with van der Waals surface area (Å²) in [5, 5.41) is 3.09. The smallest absolute Gasteiger partial charge is 0.0675 e. The molecule has 2 unspecified atom stereocenters. The van der Waals surface area contributed by atoms with Crippen LogP contribution in [0.25, 0.3) is 0 Å². The molecule has 1 saturated heterocycles. The molecule has 0 aromatic carbocycles. The van der Waals surface area contributed by atoms with Gasteiger partial charge in [-0.15, -0.1) is 35.3 Å². The normalized spacial score (nSPS) is 21.8. The third-order valence-corrected chi connectivity index (χ3v) is 10.1. The first-order valence-corrected chi connectivity index (χ1v) is 15.2. The molecule has 0 N–H and O–H groups in total. The molecular formula is C24H45NS3. The van der Waals surface area contributed by atoms with Crippen molar-refractivity contribution >= 4 is 35.3 Å². The van der Waals surface area contributed by atoms with Gasteiger partial charge in [0.1, 0.15) is 0 Å². The van der Waals surface area contributed by atoms with E-state index in [9.17, 15) is 0 Å². The van der Waals surface area contributed by atoms with Crippen molar-refractivity contribution in [3.05, 3.63) is 11.6 Å². The first kappa shape index (κ1) is 24.9. The standard InChI is InChI=1S/C24H45NS3/c1-2-3-4-5-6-7-8-9-10-11-12-13-14-15-16-17-24-27-21-23(28-24)20-25-18-19-26-22-25/h18-19,23-24H,2-17,20-22H2,1H3. The van der Waals surface area contributed by atoms with Crippen molar-refractivity contribution in [1.29, 1.82) is 0 Å². The summed E-state index contributed by atoms with van der Waals surface area (Å²) in [6.07, 6.45) is 25.7. The van der Waals surface area contributed by atoms with Gasteiger partial charge in [-0.1, -0.05) is 103 Å². The van der Waals surface area contributed by atoms with E-state index in [-0.39, 0.29) is 0 Å². The average Bonchev–Trinajstić information content (AvgIpc) is 3.37. The summed E-state index contributed by atoms with van der Waals surface area (Å²) < 4.78 is 0.881. The highest BCUT2D eigenvalue weighted by molar-refractivity contribution is 8.20. The van der Waals surface area contributed by atoms with Gasteiger partial charge < -0.3 is 4.90 Å². The van der Waals surface area contributed by atoms with Gasteiger partial charge in [0.2, 0.25) is 0 Å². The van der Waals surface area contributed by atoms with Crippen LogP contribution in [-0.4, -0.2) is 32.9 Å². The van der Waals surface area contributed by atoms with Gasteiger partial charge in [0.15, 0.2) is 0 Å². The van der Waals surface area contributed by atoms with Crippen molar-refractivity contribution in [2.45, 2.75) is 119 Å². The number of rotatable bonds is 18. The lowest BCUT2D eigenvalue weighted by Gasteiger charge is -2.18. The van der Waals surface area contributed by atoms with E-state index >= 15 is 0 Å². The SMILES string of the molecule is CCCCCCCCCCCCCCCCCC1SCC(CN2C=CSC2)S1. The van der Waals surface area contributed by atoms with Crippen LogP contribution in [0.1, 0.15) is 110 Å². The Bertz CT molecular complexity index is 388. The van der Waals surface area contributed by atoms with Crippen LogP contribution in [0.3, 0.4) is 0 Å². The zero-order valence-corrected chi connectivity index (χ0v) is 20.9. The van der Waals surface area contributed by atoms with Gasteiger partial charge in [-0.2, -0.15) is 0 Å². The molecule has 2 rings (SSSR count). The summed E-state index contributed by atoms with van der Waals surface area (Å²) in [5.41, 5.74) is 0. The fourth-order valence-corrected chi connectivity index (χ4v) is 8.30. The van der Waals surface area contributed by atoms with E-state index in [0.29, 0.717) is 0 Å². The van der Waals surface area contributed by atoms with Gasteiger partial charge in [-0.05, 0) is 11.8 Å². The van der Waals surface area contributed by atoms with E-state index < -0.39 is 0 Å². The average molecular weight is 444 g/mol. The van der Waals surface area contributed by atoms with Crippen LogP contribution in [0.15, 0.2) is 11.6 Å². The van der Waals surface area contributed by atoms with E-state index in [1.165, 1.54) is 121 Å². The largest absolute Gasteiger partial charge is 0.366 e. The number of thioether (sulfide) groups is 3. The van der Waals surface area contributed by atoms with Crippen molar-refractivity contribution < 1.29 is 0 Å². The van der Waals surface area contributed by atoms with Crippen LogP contribution in [-0.2, 0) is 0 Å². The second-order valence-electron chi connectivity index (χ2n) is 8.61. The molecule has 164 valence electrons. The maximum absolute atomic E-state index is 2.49. The van der Waals surface area contributed by atoms with Gasteiger partial charge in [0.05, 0.1) is 10.5 Å². The van der Waals surface area contributed by atoms with Crippen LogP contribution in [0.5, 0.6) is 0 Å². The molecule has 1 nitrogen and oxygen atoms in total. The summed E-state index contributed by atoms with van der Waals surface area (Å²) in [6.45, 7) is 3.56. The molecule has 0 amide bonds. The summed E-state index contributed by atoms with van der Waals surface area (Å²) in [6, 6.07) is 0. The highest BCUT2D eigenvalue weighted by Gasteiger charge is 2.26. The second kappa shape index (κ2) is 17.3. The summed E-state index contributed by atoms with van der Waals surface area (Å²) in [4.78, 5) is 2.49. The van der Waals surface area contributed by atoms with E-state index in [0.717, 1.165) is 9.83 Å².